The number of benzene rings is 4. The minimum atomic E-state index is -0.461. The quantitative estimate of drug-likeness (QED) is 0.354. The number of hydrogen-bond acceptors (Lipinski definition) is 2. The molecule has 2 unspecified atom stereocenters. The van der Waals surface area contributed by atoms with Crippen molar-refractivity contribution in [1.82, 2.24) is 0 Å². The number of fused-ring (bicyclic) bond motifs is 4. The van der Waals surface area contributed by atoms with Gasteiger partial charge in [-0.1, -0.05) is 72.8 Å². The van der Waals surface area contributed by atoms with Gasteiger partial charge in [-0.3, -0.25) is 0 Å². The average molecular weight is 395 g/mol. The first-order chi connectivity index (χ1) is 14.8. The molecule has 1 heterocycles. The molecule has 0 aromatic heterocycles. The van der Waals surface area contributed by atoms with Gasteiger partial charge >= 0.3 is 0 Å². The van der Waals surface area contributed by atoms with Crippen LogP contribution in [0.4, 0.5) is 0 Å². The summed E-state index contributed by atoms with van der Waals surface area (Å²) in [5, 5.41) is 5.21. The van der Waals surface area contributed by atoms with Crippen LogP contribution >= 0.6 is 0 Å². The van der Waals surface area contributed by atoms with E-state index < -0.39 is 5.79 Å². The summed E-state index contributed by atoms with van der Waals surface area (Å²) in [6.07, 6.45) is 4.29. The third kappa shape index (κ3) is 2.38. The molecular weight excluding hydrogens is 368 g/mol. The van der Waals surface area contributed by atoms with Gasteiger partial charge in [-0.05, 0) is 63.6 Å². The van der Waals surface area contributed by atoms with Crippen LogP contribution < -0.4 is 0 Å². The van der Waals surface area contributed by atoms with Crippen molar-refractivity contribution in [3.05, 3.63) is 84.4 Å². The second-order valence-corrected chi connectivity index (χ2v) is 8.76. The number of rotatable bonds is 3. The van der Waals surface area contributed by atoms with Gasteiger partial charge in [0.15, 0.2) is 5.79 Å². The van der Waals surface area contributed by atoms with Crippen LogP contribution in [0, 0.1) is 0 Å². The second-order valence-electron chi connectivity index (χ2n) is 8.76. The Morgan fingerprint density at radius 2 is 1.57 bits per heavy atom. The number of methoxy groups -OCH3 is 1. The Hall–Kier alpha value is -2.68. The Balaban J connectivity index is 1.57. The minimum absolute atomic E-state index is 0.0373. The van der Waals surface area contributed by atoms with Crippen molar-refractivity contribution >= 4 is 21.5 Å². The summed E-state index contributed by atoms with van der Waals surface area (Å²) in [6.45, 7) is 0.775. The lowest BCUT2D eigenvalue weighted by molar-refractivity contribution is -0.213. The molecule has 0 radical (unpaired) electrons. The van der Waals surface area contributed by atoms with Crippen molar-refractivity contribution in [3.8, 4) is 11.1 Å². The molecule has 150 valence electrons. The van der Waals surface area contributed by atoms with E-state index in [1.807, 2.05) is 7.11 Å². The van der Waals surface area contributed by atoms with Crippen LogP contribution in [0.2, 0.25) is 0 Å². The van der Waals surface area contributed by atoms with Crippen molar-refractivity contribution in [2.75, 3.05) is 13.7 Å². The van der Waals surface area contributed by atoms with Crippen LogP contribution in [0.1, 0.15) is 31.2 Å². The zero-order valence-corrected chi connectivity index (χ0v) is 17.4. The summed E-state index contributed by atoms with van der Waals surface area (Å²) < 4.78 is 12.3. The minimum Gasteiger partial charge on any atom is -0.352 e. The van der Waals surface area contributed by atoms with Crippen LogP contribution in [-0.2, 0) is 14.9 Å². The Bertz CT molecular complexity index is 1250. The van der Waals surface area contributed by atoms with E-state index in [-0.39, 0.29) is 5.41 Å². The van der Waals surface area contributed by atoms with E-state index in [0.717, 1.165) is 32.3 Å². The molecule has 2 nitrogen and oxygen atoms in total. The zero-order chi connectivity index (χ0) is 20.2. The molecule has 30 heavy (non-hydrogen) atoms. The third-order valence-electron chi connectivity index (χ3n) is 7.53. The summed E-state index contributed by atoms with van der Waals surface area (Å²) in [5.41, 5.74) is 3.88. The zero-order valence-electron chi connectivity index (χ0n) is 17.4. The van der Waals surface area contributed by atoms with Crippen molar-refractivity contribution in [1.29, 1.82) is 0 Å². The molecule has 6 rings (SSSR count). The molecular formula is C28H26O2. The van der Waals surface area contributed by atoms with E-state index in [1.54, 1.807) is 0 Å². The highest BCUT2D eigenvalue weighted by atomic mass is 16.7. The fourth-order valence-corrected chi connectivity index (χ4v) is 6.11. The highest BCUT2D eigenvalue weighted by molar-refractivity contribution is 6.13. The molecule has 1 aliphatic heterocycles. The van der Waals surface area contributed by atoms with Crippen LogP contribution in [-0.4, -0.2) is 19.5 Å². The average Bonchev–Trinajstić information content (AvgIpc) is 3.35. The smallest absolute Gasteiger partial charge is 0.177 e. The van der Waals surface area contributed by atoms with Gasteiger partial charge in [0, 0.05) is 13.5 Å². The van der Waals surface area contributed by atoms with E-state index in [0.29, 0.717) is 0 Å². The molecule has 0 amide bonds. The Labute approximate surface area is 177 Å². The lowest BCUT2D eigenvalue weighted by Crippen LogP contribution is -2.45. The van der Waals surface area contributed by atoms with Gasteiger partial charge in [-0.2, -0.15) is 0 Å². The fourth-order valence-electron chi connectivity index (χ4n) is 6.11. The van der Waals surface area contributed by atoms with E-state index in [4.69, 9.17) is 9.47 Å². The van der Waals surface area contributed by atoms with Crippen molar-refractivity contribution < 1.29 is 9.47 Å². The predicted molar refractivity (Wildman–Crippen MR) is 123 cm³/mol. The molecule has 4 aromatic rings. The van der Waals surface area contributed by atoms with Crippen molar-refractivity contribution in [2.45, 2.75) is 36.9 Å². The van der Waals surface area contributed by atoms with E-state index in [9.17, 15) is 0 Å². The second kappa shape index (κ2) is 6.66. The highest BCUT2D eigenvalue weighted by Gasteiger charge is 2.60. The van der Waals surface area contributed by atoms with Crippen molar-refractivity contribution in [2.24, 2.45) is 0 Å². The molecule has 0 N–H and O–H groups in total. The molecule has 4 aromatic carbocycles. The summed E-state index contributed by atoms with van der Waals surface area (Å²) in [4.78, 5) is 0. The first-order valence-corrected chi connectivity index (χ1v) is 11.0. The fraction of sp³-hybridized carbons (Fsp3) is 0.286. The Morgan fingerprint density at radius 1 is 0.767 bits per heavy atom. The largest absolute Gasteiger partial charge is 0.352 e. The molecule has 0 bridgehead atoms. The van der Waals surface area contributed by atoms with Gasteiger partial charge in [0.1, 0.15) is 0 Å². The molecule has 2 heteroatoms. The third-order valence-corrected chi connectivity index (χ3v) is 7.53. The van der Waals surface area contributed by atoms with Gasteiger partial charge in [-0.15, -0.1) is 0 Å². The molecule has 1 saturated heterocycles. The number of ether oxygens (including phenoxy) is 2. The maximum Gasteiger partial charge on any atom is 0.177 e. The monoisotopic (exact) mass is 394 g/mol. The van der Waals surface area contributed by atoms with Crippen molar-refractivity contribution in [3.63, 3.8) is 0 Å². The highest BCUT2D eigenvalue weighted by Crippen LogP contribution is 2.57. The molecule has 1 saturated carbocycles. The summed E-state index contributed by atoms with van der Waals surface area (Å²) >= 11 is 0. The van der Waals surface area contributed by atoms with E-state index in [2.05, 4.69) is 78.9 Å². The van der Waals surface area contributed by atoms with Gasteiger partial charge in [-0.25, -0.2) is 0 Å². The predicted octanol–water partition coefficient (Wildman–Crippen LogP) is 6.84. The molecule has 2 aliphatic rings. The first kappa shape index (κ1) is 18.1. The molecule has 0 spiro atoms. The topological polar surface area (TPSA) is 18.5 Å². The van der Waals surface area contributed by atoms with Crippen LogP contribution in [0.3, 0.4) is 0 Å². The molecule has 2 atom stereocenters. The number of hydrogen-bond donors (Lipinski definition) is 0. The van der Waals surface area contributed by atoms with E-state index in [1.165, 1.54) is 38.2 Å². The van der Waals surface area contributed by atoms with Gasteiger partial charge in [0.2, 0.25) is 0 Å². The molecule has 2 fully saturated rings. The Morgan fingerprint density at radius 3 is 2.43 bits per heavy atom. The van der Waals surface area contributed by atoms with E-state index >= 15 is 0 Å². The maximum absolute atomic E-state index is 6.22. The van der Waals surface area contributed by atoms with Gasteiger partial charge in [0.05, 0.1) is 12.0 Å². The summed E-state index contributed by atoms with van der Waals surface area (Å²) in [5.74, 6) is -0.461. The van der Waals surface area contributed by atoms with Crippen LogP contribution in [0.25, 0.3) is 32.7 Å². The normalized spacial score (nSPS) is 25.8. The lowest BCUT2D eigenvalue weighted by Gasteiger charge is -2.38. The lowest BCUT2D eigenvalue weighted by atomic mass is 9.73. The standard InChI is InChI=1S/C28H26O2/c1-29-28-15-7-14-27(28,16-17-30-28)22-10-6-9-20(18-22)26-19-21-8-2-3-11-23(21)24-12-4-5-13-25(24)26/h2-6,8-13,18-19H,7,14-17H2,1H3. The summed E-state index contributed by atoms with van der Waals surface area (Å²) in [7, 11) is 1.81. The van der Waals surface area contributed by atoms with Gasteiger partial charge < -0.3 is 9.47 Å². The SMILES string of the molecule is COC12CCCC1(c1cccc(-c3cc4ccccc4c4ccccc34)c1)CCO2. The Kier molecular flexibility index (Phi) is 4.02. The van der Waals surface area contributed by atoms with Gasteiger partial charge in [0.25, 0.3) is 0 Å². The van der Waals surface area contributed by atoms with Crippen LogP contribution in [0.5, 0.6) is 0 Å². The van der Waals surface area contributed by atoms with Crippen LogP contribution in [0.15, 0.2) is 78.9 Å². The summed E-state index contributed by atoms with van der Waals surface area (Å²) in [6, 6.07) is 28.9. The first-order valence-electron chi connectivity index (χ1n) is 11.0. The molecule has 1 aliphatic carbocycles. The maximum atomic E-state index is 6.22.